The number of Topliss-reactive ketones (excluding diaryl/α,β-unsaturated/α-hetero) is 3. The van der Waals surface area contributed by atoms with Crippen LogP contribution in [0.2, 0.25) is 0 Å². The molecule has 3 atom stereocenters. The predicted molar refractivity (Wildman–Crippen MR) is 143 cm³/mol. The fourth-order valence-corrected chi connectivity index (χ4v) is 6.81. The van der Waals surface area contributed by atoms with Gasteiger partial charge < -0.3 is 4.90 Å². The van der Waals surface area contributed by atoms with Crippen molar-refractivity contribution in [3.63, 3.8) is 0 Å². The fraction of sp³-hybridized carbons (Fsp3) is 0.121. The number of halogens is 2. The summed E-state index contributed by atoms with van der Waals surface area (Å²) in [6.45, 7) is 0. The Hall–Kier alpha value is -4.71. The average Bonchev–Trinajstić information content (AvgIpc) is 3.39. The van der Waals surface area contributed by atoms with E-state index in [4.69, 9.17) is 0 Å². The first-order valence-corrected chi connectivity index (χ1v) is 12.7. The molecule has 4 aromatic carbocycles. The number of carbonyl (C=O) groups is 3. The van der Waals surface area contributed by atoms with Crippen LogP contribution in [0, 0.1) is 17.0 Å². The molecule has 6 heteroatoms. The molecule has 4 nitrogen and oxygen atoms in total. The second kappa shape index (κ2) is 8.40. The molecular weight excluding hydrogens is 496 g/mol. The van der Waals surface area contributed by atoms with Crippen molar-refractivity contribution in [3.8, 4) is 0 Å². The smallest absolute Gasteiger partial charge is 0.188 e. The van der Waals surface area contributed by atoms with Crippen LogP contribution in [0.15, 0.2) is 103 Å². The molecule has 1 saturated heterocycles. The number of hydrogen-bond donors (Lipinski definition) is 0. The number of para-hydroxylation sites is 1. The van der Waals surface area contributed by atoms with Crippen LogP contribution >= 0.6 is 0 Å². The summed E-state index contributed by atoms with van der Waals surface area (Å²) in [5, 5.41) is 0. The lowest BCUT2D eigenvalue weighted by Gasteiger charge is -2.37. The number of fused-ring (bicyclic) bond motifs is 5. The minimum atomic E-state index is -1.83. The molecule has 1 fully saturated rings. The molecule has 0 saturated carbocycles. The van der Waals surface area contributed by atoms with Crippen LogP contribution in [0.25, 0.3) is 6.08 Å². The average molecular weight is 518 g/mol. The summed E-state index contributed by atoms with van der Waals surface area (Å²) in [6.07, 6.45) is 3.59. The number of hydrogen-bond acceptors (Lipinski definition) is 4. The van der Waals surface area contributed by atoms with Gasteiger partial charge in [0.1, 0.15) is 23.1 Å². The molecule has 2 heterocycles. The zero-order chi connectivity index (χ0) is 26.9. The summed E-state index contributed by atoms with van der Waals surface area (Å²) in [5.41, 5.74) is -0.0509. The van der Waals surface area contributed by atoms with Crippen LogP contribution in [0.4, 0.5) is 14.5 Å². The first kappa shape index (κ1) is 23.4. The van der Waals surface area contributed by atoms with Crippen LogP contribution in [0.5, 0.6) is 0 Å². The van der Waals surface area contributed by atoms with Crippen molar-refractivity contribution in [3.05, 3.63) is 143 Å². The summed E-state index contributed by atoms with van der Waals surface area (Å²) in [6, 6.07) is 23.3. The maximum atomic E-state index is 15.7. The molecule has 2 aliphatic heterocycles. The van der Waals surface area contributed by atoms with E-state index in [0.717, 1.165) is 5.56 Å². The van der Waals surface area contributed by atoms with Gasteiger partial charge in [0.2, 0.25) is 0 Å². The molecule has 0 radical (unpaired) electrons. The summed E-state index contributed by atoms with van der Waals surface area (Å²) in [4.78, 5) is 45.1. The summed E-state index contributed by atoms with van der Waals surface area (Å²) >= 11 is 0. The Bertz CT molecular complexity index is 1710. The van der Waals surface area contributed by atoms with E-state index in [9.17, 15) is 14.4 Å². The molecule has 190 valence electrons. The number of ketones is 3. The third kappa shape index (κ3) is 3.00. The standard InChI is InChI=1S/C33H21F2NO3/c34-24-14-6-4-12-22(24)28-29(30(37)23-13-5-7-15-25(23)35)36-26-16-8-1-9-19(26)17-18-27(36)33(28)31(38)20-10-2-3-11-21(20)32(33)39/h1-18,27-29H/t27?,28-,29+/m0/s1. The van der Waals surface area contributed by atoms with Crippen LogP contribution < -0.4 is 4.90 Å². The quantitative estimate of drug-likeness (QED) is 0.237. The highest BCUT2D eigenvalue weighted by Gasteiger charge is 2.72. The Morgan fingerprint density at radius 3 is 2.00 bits per heavy atom. The van der Waals surface area contributed by atoms with Crippen molar-refractivity contribution in [2.75, 3.05) is 4.90 Å². The summed E-state index contributed by atoms with van der Waals surface area (Å²) in [7, 11) is 0. The normalized spacial score (nSPS) is 22.1. The fourth-order valence-electron chi connectivity index (χ4n) is 6.81. The Kier molecular flexibility index (Phi) is 5.04. The number of carbonyl (C=O) groups excluding carboxylic acids is 3. The van der Waals surface area contributed by atoms with Crippen molar-refractivity contribution < 1.29 is 23.2 Å². The van der Waals surface area contributed by atoms with Crippen LogP contribution in [0.3, 0.4) is 0 Å². The molecule has 3 aliphatic rings. The molecule has 1 aliphatic carbocycles. The van der Waals surface area contributed by atoms with Crippen molar-refractivity contribution in [1.29, 1.82) is 0 Å². The largest absolute Gasteiger partial charge is 0.352 e. The highest BCUT2D eigenvalue weighted by Crippen LogP contribution is 2.61. The zero-order valence-corrected chi connectivity index (χ0v) is 20.6. The molecule has 0 N–H and O–H groups in total. The van der Waals surface area contributed by atoms with E-state index in [1.54, 1.807) is 53.4 Å². The maximum Gasteiger partial charge on any atom is 0.188 e. The Morgan fingerprint density at radius 1 is 0.718 bits per heavy atom. The molecule has 1 unspecified atom stereocenters. The number of rotatable bonds is 3. The lowest BCUT2D eigenvalue weighted by Crippen LogP contribution is -2.48. The molecule has 4 aromatic rings. The zero-order valence-electron chi connectivity index (χ0n) is 20.6. The minimum absolute atomic E-state index is 0.0713. The monoisotopic (exact) mass is 517 g/mol. The van der Waals surface area contributed by atoms with Gasteiger partial charge >= 0.3 is 0 Å². The third-order valence-corrected chi connectivity index (χ3v) is 8.36. The summed E-state index contributed by atoms with van der Waals surface area (Å²) in [5.74, 6) is -4.12. The van der Waals surface area contributed by atoms with Crippen LogP contribution in [0.1, 0.15) is 48.1 Å². The van der Waals surface area contributed by atoms with Gasteiger partial charge in [-0.3, -0.25) is 14.4 Å². The maximum absolute atomic E-state index is 15.7. The third-order valence-electron chi connectivity index (χ3n) is 8.36. The Labute approximate surface area is 223 Å². The van der Waals surface area contributed by atoms with E-state index < -0.39 is 52.4 Å². The van der Waals surface area contributed by atoms with E-state index in [2.05, 4.69) is 0 Å². The Morgan fingerprint density at radius 2 is 1.31 bits per heavy atom. The molecule has 1 spiro atoms. The Balaban J connectivity index is 1.58. The van der Waals surface area contributed by atoms with Gasteiger partial charge in [-0.1, -0.05) is 84.9 Å². The first-order valence-electron chi connectivity index (χ1n) is 12.7. The van der Waals surface area contributed by atoms with E-state index in [1.165, 1.54) is 36.4 Å². The van der Waals surface area contributed by atoms with Crippen molar-refractivity contribution in [2.24, 2.45) is 5.41 Å². The van der Waals surface area contributed by atoms with Crippen molar-refractivity contribution in [2.45, 2.75) is 18.0 Å². The molecule has 0 aromatic heterocycles. The highest BCUT2D eigenvalue weighted by molar-refractivity contribution is 6.32. The van der Waals surface area contributed by atoms with Gasteiger partial charge in [-0.05, 0) is 35.4 Å². The lowest BCUT2D eigenvalue weighted by molar-refractivity contribution is 0.0664. The van der Waals surface area contributed by atoms with Crippen molar-refractivity contribution >= 4 is 29.1 Å². The minimum Gasteiger partial charge on any atom is -0.352 e. The lowest BCUT2D eigenvalue weighted by atomic mass is 9.64. The number of benzene rings is 4. The van der Waals surface area contributed by atoms with E-state index >= 15 is 8.78 Å². The predicted octanol–water partition coefficient (Wildman–Crippen LogP) is 6.28. The second-order valence-corrected chi connectivity index (χ2v) is 10.1. The van der Waals surface area contributed by atoms with Crippen molar-refractivity contribution in [1.82, 2.24) is 0 Å². The van der Waals surface area contributed by atoms with Gasteiger partial charge in [0.15, 0.2) is 17.3 Å². The van der Waals surface area contributed by atoms with Gasteiger partial charge in [-0.15, -0.1) is 0 Å². The van der Waals surface area contributed by atoms with Crippen LogP contribution in [-0.2, 0) is 0 Å². The first-order chi connectivity index (χ1) is 19.0. The highest BCUT2D eigenvalue weighted by atomic mass is 19.1. The summed E-state index contributed by atoms with van der Waals surface area (Å²) < 4.78 is 30.8. The topological polar surface area (TPSA) is 54.5 Å². The van der Waals surface area contributed by atoms with Gasteiger partial charge in [0.05, 0.1) is 11.6 Å². The van der Waals surface area contributed by atoms with Gasteiger partial charge in [0.25, 0.3) is 0 Å². The number of anilines is 1. The number of nitrogens with zero attached hydrogens (tertiary/aromatic N) is 1. The molecule has 7 rings (SSSR count). The van der Waals surface area contributed by atoms with E-state index in [-0.39, 0.29) is 22.3 Å². The van der Waals surface area contributed by atoms with Crippen LogP contribution in [-0.4, -0.2) is 29.4 Å². The van der Waals surface area contributed by atoms with Gasteiger partial charge in [0, 0.05) is 22.7 Å². The SMILES string of the molecule is O=C(c1ccccc1F)[C@H]1[C@H](c2ccccc2F)C2(C(=O)c3ccccc3C2=O)C2C=Cc3ccccc3N21. The van der Waals surface area contributed by atoms with E-state index in [0.29, 0.717) is 5.69 Å². The molecule has 0 amide bonds. The molecule has 39 heavy (non-hydrogen) atoms. The van der Waals surface area contributed by atoms with E-state index in [1.807, 2.05) is 24.3 Å². The second-order valence-electron chi connectivity index (χ2n) is 10.1. The van der Waals surface area contributed by atoms with Gasteiger partial charge in [-0.25, -0.2) is 8.78 Å². The van der Waals surface area contributed by atoms with Gasteiger partial charge in [-0.2, -0.15) is 0 Å². The molecule has 0 bridgehead atoms. The molecular formula is C33H21F2NO3.